The Morgan fingerprint density at radius 2 is 1.75 bits per heavy atom. The van der Waals surface area contributed by atoms with E-state index in [1.807, 2.05) is 26.0 Å². The van der Waals surface area contributed by atoms with Gasteiger partial charge in [-0.15, -0.1) is 0 Å². The van der Waals surface area contributed by atoms with E-state index >= 15 is 0 Å². The third-order valence-corrected chi connectivity index (χ3v) is 4.31. The van der Waals surface area contributed by atoms with Crippen molar-refractivity contribution >= 4 is 29.1 Å². The molecule has 0 aromatic heterocycles. The van der Waals surface area contributed by atoms with Crippen molar-refractivity contribution < 1.29 is 14.4 Å². The van der Waals surface area contributed by atoms with Gasteiger partial charge in [0.2, 0.25) is 5.91 Å². The molecule has 1 heterocycles. The standard InChI is InChI=1S/C19H18N2O3/c1-4-17(22)20-13-8-9-14-15(10-13)19(24)21(18(14)23)16-7-5-6-11(2)12(16)3/h5-10H,4H2,1-3H3,(H,20,22). The molecule has 0 bridgehead atoms. The third-order valence-electron chi connectivity index (χ3n) is 4.31. The van der Waals surface area contributed by atoms with E-state index in [2.05, 4.69) is 5.32 Å². The van der Waals surface area contributed by atoms with Crippen LogP contribution in [0.4, 0.5) is 11.4 Å². The minimum absolute atomic E-state index is 0.141. The van der Waals surface area contributed by atoms with Crippen LogP contribution in [0.15, 0.2) is 36.4 Å². The highest BCUT2D eigenvalue weighted by Crippen LogP contribution is 2.32. The van der Waals surface area contributed by atoms with Gasteiger partial charge < -0.3 is 5.32 Å². The fourth-order valence-corrected chi connectivity index (χ4v) is 2.76. The highest BCUT2D eigenvalue weighted by atomic mass is 16.2. The molecule has 2 aromatic carbocycles. The first-order valence-electron chi connectivity index (χ1n) is 7.83. The molecular formula is C19H18N2O3. The third kappa shape index (κ3) is 2.48. The van der Waals surface area contributed by atoms with Crippen LogP contribution in [0, 0.1) is 13.8 Å². The smallest absolute Gasteiger partial charge is 0.266 e. The summed E-state index contributed by atoms with van der Waals surface area (Å²) in [6.45, 7) is 5.58. The number of carbonyl (C=O) groups is 3. The van der Waals surface area contributed by atoms with Gasteiger partial charge in [-0.1, -0.05) is 19.1 Å². The molecule has 2 aromatic rings. The molecule has 3 amide bonds. The highest BCUT2D eigenvalue weighted by molar-refractivity contribution is 6.35. The Kier molecular flexibility index (Phi) is 3.93. The molecule has 5 nitrogen and oxygen atoms in total. The topological polar surface area (TPSA) is 66.5 Å². The number of nitrogens with zero attached hydrogens (tertiary/aromatic N) is 1. The van der Waals surface area contributed by atoms with E-state index in [-0.39, 0.29) is 17.7 Å². The molecule has 0 radical (unpaired) electrons. The van der Waals surface area contributed by atoms with Crippen LogP contribution in [0.25, 0.3) is 0 Å². The van der Waals surface area contributed by atoms with Crippen molar-refractivity contribution in [2.45, 2.75) is 27.2 Å². The minimum Gasteiger partial charge on any atom is -0.326 e. The Morgan fingerprint density at radius 1 is 1.04 bits per heavy atom. The lowest BCUT2D eigenvalue weighted by molar-refractivity contribution is -0.115. The number of hydrogen-bond donors (Lipinski definition) is 1. The molecule has 5 heteroatoms. The van der Waals surface area contributed by atoms with Crippen molar-refractivity contribution in [1.82, 2.24) is 0 Å². The van der Waals surface area contributed by atoms with E-state index in [4.69, 9.17) is 0 Å². The zero-order valence-electron chi connectivity index (χ0n) is 13.8. The van der Waals surface area contributed by atoms with Crippen LogP contribution in [0.2, 0.25) is 0 Å². The fraction of sp³-hybridized carbons (Fsp3) is 0.211. The van der Waals surface area contributed by atoms with Crippen LogP contribution in [0.5, 0.6) is 0 Å². The van der Waals surface area contributed by atoms with E-state index in [1.165, 1.54) is 4.90 Å². The Morgan fingerprint density at radius 3 is 2.46 bits per heavy atom. The lowest BCUT2D eigenvalue weighted by Crippen LogP contribution is -2.30. The van der Waals surface area contributed by atoms with Crippen molar-refractivity contribution in [2.75, 3.05) is 10.2 Å². The molecular weight excluding hydrogens is 304 g/mol. The monoisotopic (exact) mass is 322 g/mol. The van der Waals surface area contributed by atoms with Crippen LogP contribution < -0.4 is 10.2 Å². The van der Waals surface area contributed by atoms with Crippen LogP contribution in [0.1, 0.15) is 45.2 Å². The van der Waals surface area contributed by atoms with Gasteiger partial charge in [-0.3, -0.25) is 14.4 Å². The number of amides is 3. The lowest BCUT2D eigenvalue weighted by atomic mass is 10.1. The van der Waals surface area contributed by atoms with Gasteiger partial charge in [0.05, 0.1) is 16.8 Å². The Balaban J connectivity index is 2.02. The summed E-state index contributed by atoms with van der Waals surface area (Å²) in [5, 5.41) is 2.71. The summed E-state index contributed by atoms with van der Waals surface area (Å²) in [4.78, 5) is 38.2. The first-order chi connectivity index (χ1) is 11.4. The highest BCUT2D eigenvalue weighted by Gasteiger charge is 2.37. The quantitative estimate of drug-likeness (QED) is 0.880. The van der Waals surface area contributed by atoms with Crippen LogP contribution in [-0.4, -0.2) is 17.7 Å². The number of carbonyl (C=O) groups excluding carboxylic acids is 3. The van der Waals surface area contributed by atoms with Crippen LogP contribution in [-0.2, 0) is 4.79 Å². The van der Waals surface area contributed by atoms with Crippen molar-refractivity contribution in [1.29, 1.82) is 0 Å². The second-order valence-corrected chi connectivity index (χ2v) is 5.83. The van der Waals surface area contributed by atoms with Gasteiger partial charge in [-0.05, 0) is 49.2 Å². The van der Waals surface area contributed by atoms with Gasteiger partial charge >= 0.3 is 0 Å². The van der Waals surface area contributed by atoms with Crippen molar-refractivity contribution in [3.8, 4) is 0 Å². The predicted molar refractivity (Wildman–Crippen MR) is 92.4 cm³/mol. The molecule has 24 heavy (non-hydrogen) atoms. The normalized spacial score (nSPS) is 13.2. The van der Waals surface area contributed by atoms with Crippen molar-refractivity contribution in [3.63, 3.8) is 0 Å². The number of hydrogen-bond acceptors (Lipinski definition) is 3. The molecule has 0 unspecified atom stereocenters. The largest absolute Gasteiger partial charge is 0.326 e. The molecule has 1 N–H and O–H groups in total. The summed E-state index contributed by atoms with van der Waals surface area (Å²) in [5.74, 6) is -0.841. The molecule has 0 aliphatic carbocycles. The first-order valence-corrected chi connectivity index (χ1v) is 7.83. The van der Waals surface area contributed by atoms with E-state index in [1.54, 1.807) is 31.2 Å². The van der Waals surface area contributed by atoms with E-state index in [0.717, 1.165) is 11.1 Å². The summed E-state index contributed by atoms with van der Waals surface area (Å²) in [5.41, 5.74) is 3.70. The number of rotatable bonds is 3. The molecule has 122 valence electrons. The second kappa shape index (κ2) is 5.92. The zero-order valence-corrected chi connectivity index (χ0v) is 13.8. The number of fused-ring (bicyclic) bond motifs is 1. The SMILES string of the molecule is CCC(=O)Nc1ccc2c(c1)C(=O)N(c1cccc(C)c1C)C2=O. The van der Waals surface area contributed by atoms with Crippen molar-refractivity contribution in [2.24, 2.45) is 0 Å². The van der Waals surface area contributed by atoms with Crippen molar-refractivity contribution in [3.05, 3.63) is 58.7 Å². The average molecular weight is 322 g/mol. The van der Waals surface area contributed by atoms with Gasteiger partial charge in [-0.2, -0.15) is 0 Å². The molecule has 0 spiro atoms. The summed E-state index contributed by atoms with van der Waals surface area (Å²) in [7, 11) is 0. The molecule has 0 saturated heterocycles. The number of nitrogens with one attached hydrogen (secondary N) is 1. The number of imide groups is 1. The summed E-state index contributed by atoms with van der Waals surface area (Å²) < 4.78 is 0. The van der Waals surface area contributed by atoms with Gasteiger partial charge in [0.1, 0.15) is 0 Å². The lowest BCUT2D eigenvalue weighted by Gasteiger charge is -2.17. The molecule has 1 aliphatic heterocycles. The summed E-state index contributed by atoms with van der Waals surface area (Å²) in [6, 6.07) is 10.3. The first kappa shape index (κ1) is 15.9. The number of benzene rings is 2. The number of anilines is 2. The summed E-state index contributed by atoms with van der Waals surface area (Å²) >= 11 is 0. The zero-order chi connectivity index (χ0) is 17.4. The Bertz CT molecular complexity index is 871. The summed E-state index contributed by atoms with van der Waals surface area (Å²) in [6.07, 6.45) is 0.346. The van der Waals surface area contributed by atoms with Gasteiger partial charge in [-0.25, -0.2) is 4.90 Å². The predicted octanol–water partition coefficient (Wildman–Crippen LogP) is 3.45. The van der Waals surface area contributed by atoms with E-state index < -0.39 is 0 Å². The van der Waals surface area contributed by atoms with Crippen LogP contribution >= 0.6 is 0 Å². The number of aryl methyl sites for hydroxylation is 1. The fourth-order valence-electron chi connectivity index (χ4n) is 2.76. The average Bonchev–Trinajstić information content (AvgIpc) is 2.81. The van der Waals surface area contributed by atoms with Gasteiger partial charge in [0, 0.05) is 12.1 Å². The minimum atomic E-state index is -0.365. The maximum absolute atomic E-state index is 12.8. The molecule has 3 rings (SSSR count). The maximum Gasteiger partial charge on any atom is 0.266 e. The molecule has 0 saturated carbocycles. The van der Waals surface area contributed by atoms with E-state index in [9.17, 15) is 14.4 Å². The van der Waals surface area contributed by atoms with Gasteiger partial charge in [0.25, 0.3) is 11.8 Å². The van der Waals surface area contributed by atoms with Gasteiger partial charge in [0.15, 0.2) is 0 Å². The molecule has 0 fully saturated rings. The second-order valence-electron chi connectivity index (χ2n) is 5.83. The van der Waals surface area contributed by atoms with E-state index in [0.29, 0.717) is 28.9 Å². The maximum atomic E-state index is 12.8. The Labute approximate surface area is 140 Å². The Hall–Kier alpha value is -2.95. The molecule has 1 aliphatic rings. The van der Waals surface area contributed by atoms with Crippen LogP contribution in [0.3, 0.4) is 0 Å². The molecule has 0 atom stereocenters.